The summed E-state index contributed by atoms with van der Waals surface area (Å²) in [6, 6.07) is 5.81. The quantitative estimate of drug-likeness (QED) is 0.631. The molecule has 0 saturated carbocycles. The monoisotopic (exact) mass is 382 g/mol. The fourth-order valence-corrected chi connectivity index (χ4v) is 2.38. The van der Waals surface area contributed by atoms with Crippen LogP contribution in [0.3, 0.4) is 0 Å². The fourth-order valence-electron chi connectivity index (χ4n) is 1.67. The molecule has 0 unspecified atom stereocenters. The SMILES string of the molecule is Nc1nc(Nc2cc(Br)ccc2Br)c2cn[nH]c2n1. The average molecular weight is 384 g/mol. The molecule has 2 heterocycles. The fraction of sp³-hybridized carbons (Fsp3) is 0. The van der Waals surface area contributed by atoms with Gasteiger partial charge < -0.3 is 11.1 Å². The molecule has 96 valence electrons. The molecule has 6 nitrogen and oxygen atoms in total. The van der Waals surface area contributed by atoms with Crippen molar-refractivity contribution in [3.8, 4) is 0 Å². The van der Waals surface area contributed by atoms with Gasteiger partial charge in [-0.05, 0) is 34.1 Å². The number of nitrogens with one attached hydrogen (secondary N) is 2. The van der Waals surface area contributed by atoms with Gasteiger partial charge in [0, 0.05) is 8.95 Å². The number of benzene rings is 1. The lowest BCUT2D eigenvalue weighted by Gasteiger charge is -2.09. The molecule has 0 aliphatic carbocycles. The molecule has 4 N–H and O–H groups in total. The van der Waals surface area contributed by atoms with Gasteiger partial charge >= 0.3 is 0 Å². The Bertz CT molecular complexity index is 754. The Labute approximate surface area is 125 Å². The molecule has 0 aliphatic rings. The molecule has 0 fully saturated rings. The number of nitrogen functional groups attached to an aromatic ring is 1. The number of aromatic nitrogens is 4. The first kappa shape index (κ1) is 12.4. The zero-order valence-electron chi connectivity index (χ0n) is 9.48. The lowest BCUT2D eigenvalue weighted by molar-refractivity contribution is 1.09. The van der Waals surface area contributed by atoms with Crippen LogP contribution in [0.2, 0.25) is 0 Å². The van der Waals surface area contributed by atoms with Crippen LogP contribution >= 0.6 is 31.9 Å². The van der Waals surface area contributed by atoms with E-state index in [9.17, 15) is 0 Å². The summed E-state index contributed by atoms with van der Waals surface area (Å²) in [7, 11) is 0. The summed E-state index contributed by atoms with van der Waals surface area (Å²) in [4.78, 5) is 8.26. The van der Waals surface area contributed by atoms with Crippen LogP contribution in [0, 0.1) is 0 Å². The van der Waals surface area contributed by atoms with Crippen molar-refractivity contribution in [2.75, 3.05) is 11.1 Å². The molecule has 0 amide bonds. The predicted molar refractivity (Wildman–Crippen MR) is 81.2 cm³/mol. The molecule has 0 aliphatic heterocycles. The molecule has 3 rings (SSSR count). The van der Waals surface area contributed by atoms with Crippen molar-refractivity contribution < 1.29 is 0 Å². The third-order valence-corrected chi connectivity index (χ3v) is 3.69. The number of fused-ring (bicyclic) bond motifs is 1. The van der Waals surface area contributed by atoms with Crippen LogP contribution in [0.25, 0.3) is 11.0 Å². The first-order valence-corrected chi connectivity index (χ1v) is 6.91. The third-order valence-electron chi connectivity index (χ3n) is 2.51. The number of H-pyrrole nitrogens is 1. The maximum absolute atomic E-state index is 5.67. The second-order valence-electron chi connectivity index (χ2n) is 3.81. The van der Waals surface area contributed by atoms with Crippen molar-refractivity contribution in [3.05, 3.63) is 33.3 Å². The summed E-state index contributed by atoms with van der Waals surface area (Å²) in [5.74, 6) is 0.792. The Morgan fingerprint density at radius 2 is 2.05 bits per heavy atom. The molecule has 0 saturated heterocycles. The Kier molecular flexibility index (Phi) is 3.11. The van der Waals surface area contributed by atoms with E-state index in [1.807, 2.05) is 18.2 Å². The van der Waals surface area contributed by atoms with Crippen LogP contribution < -0.4 is 11.1 Å². The number of aromatic amines is 1. The minimum Gasteiger partial charge on any atom is -0.368 e. The largest absolute Gasteiger partial charge is 0.368 e. The van der Waals surface area contributed by atoms with Crippen molar-refractivity contribution in [1.29, 1.82) is 0 Å². The lowest BCUT2D eigenvalue weighted by atomic mass is 10.3. The predicted octanol–water partition coefficient (Wildman–Crippen LogP) is 3.20. The molecule has 0 radical (unpaired) electrons. The number of hydrogen-bond acceptors (Lipinski definition) is 5. The highest BCUT2D eigenvalue weighted by Crippen LogP contribution is 2.30. The zero-order valence-corrected chi connectivity index (χ0v) is 12.7. The molecule has 0 bridgehead atoms. The van der Waals surface area contributed by atoms with Gasteiger partial charge in [-0.1, -0.05) is 15.9 Å². The van der Waals surface area contributed by atoms with Crippen molar-refractivity contribution in [1.82, 2.24) is 20.2 Å². The van der Waals surface area contributed by atoms with E-state index in [0.29, 0.717) is 11.5 Å². The Morgan fingerprint density at radius 3 is 2.89 bits per heavy atom. The van der Waals surface area contributed by atoms with Gasteiger partial charge in [0.25, 0.3) is 0 Å². The van der Waals surface area contributed by atoms with Gasteiger partial charge in [-0.15, -0.1) is 0 Å². The summed E-state index contributed by atoms with van der Waals surface area (Å²) >= 11 is 6.91. The van der Waals surface area contributed by atoms with Gasteiger partial charge in [0.1, 0.15) is 5.82 Å². The summed E-state index contributed by atoms with van der Waals surface area (Å²) in [5.41, 5.74) is 7.14. The van der Waals surface area contributed by atoms with Crippen molar-refractivity contribution >= 4 is 60.3 Å². The number of nitrogens with zero attached hydrogens (tertiary/aromatic N) is 3. The van der Waals surface area contributed by atoms with E-state index in [0.717, 1.165) is 20.0 Å². The van der Waals surface area contributed by atoms with E-state index < -0.39 is 0 Å². The van der Waals surface area contributed by atoms with E-state index in [1.54, 1.807) is 6.20 Å². The smallest absolute Gasteiger partial charge is 0.224 e. The Balaban J connectivity index is 2.10. The Hall–Kier alpha value is -1.67. The third kappa shape index (κ3) is 2.41. The molecular weight excluding hydrogens is 376 g/mol. The van der Waals surface area contributed by atoms with Crippen LogP contribution in [0.15, 0.2) is 33.3 Å². The average Bonchev–Trinajstić information content (AvgIpc) is 2.82. The van der Waals surface area contributed by atoms with E-state index in [-0.39, 0.29) is 5.95 Å². The molecule has 2 aromatic heterocycles. The van der Waals surface area contributed by atoms with Crippen LogP contribution in [0.1, 0.15) is 0 Å². The molecule has 1 aromatic carbocycles. The second kappa shape index (κ2) is 4.78. The highest BCUT2D eigenvalue weighted by atomic mass is 79.9. The van der Waals surface area contributed by atoms with Crippen LogP contribution in [0.5, 0.6) is 0 Å². The van der Waals surface area contributed by atoms with E-state index in [4.69, 9.17) is 5.73 Å². The van der Waals surface area contributed by atoms with E-state index >= 15 is 0 Å². The van der Waals surface area contributed by atoms with Crippen molar-refractivity contribution in [3.63, 3.8) is 0 Å². The summed E-state index contributed by atoms with van der Waals surface area (Å²) < 4.78 is 1.88. The van der Waals surface area contributed by atoms with Gasteiger partial charge in [0.15, 0.2) is 5.65 Å². The van der Waals surface area contributed by atoms with Gasteiger partial charge in [0.2, 0.25) is 5.95 Å². The van der Waals surface area contributed by atoms with E-state index in [2.05, 4.69) is 57.3 Å². The van der Waals surface area contributed by atoms with Gasteiger partial charge in [0.05, 0.1) is 17.3 Å². The number of hydrogen-bond donors (Lipinski definition) is 3. The minimum atomic E-state index is 0.186. The van der Waals surface area contributed by atoms with Crippen LogP contribution in [-0.4, -0.2) is 20.2 Å². The number of halogens is 2. The van der Waals surface area contributed by atoms with E-state index in [1.165, 1.54) is 0 Å². The van der Waals surface area contributed by atoms with Gasteiger partial charge in [-0.25, -0.2) is 0 Å². The summed E-state index contributed by atoms with van der Waals surface area (Å²) in [5, 5.41) is 10.7. The molecule has 19 heavy (non-hydrogen) atoms. The normalized spacial score (nSPS) is 10.8. The summed E-state index contributed by atoms with van der Waals surface area (Å²) in [6.07, 6.45) is 1.66. The Morgan fingerprint density at radius 1 is 1.21 bits per heavy atom. The van der Waals surface area contributed by atoms with Crippen molar-refractivity contribution in [2.45, 2.75) is 0 Å². The molecule has 0 spiro atoms. The summed E-state index contributed by atoms with van der Waals surface area (Å²) in [6.45, 7) is 0. The number of anilines is 3. The first-order valence-electron chi connectivity index (χ1n) is 5.32. The number of nitrogens with two attached hydrogens (primary N) is 1. The van der Waals surface area contributed by atoms with Crippen LogP contribution in [0.4, 0.5) is 17.5 Å². The van der Waals surface area contributed by atoms with Gasteiger partial charge in [-0.2, -0.15) is 15.1 Å². The zero-order chi connectivity index (χ0) is 13.4. The maximum Gasteiger partial charge on any atom is 0.224 e. The standard InChI is InChI=1S/C11H8Br2N6/c12-5-1-2-7(13)8(3-5)16-9-6-4-15-19-10(6)18-11(14)17-9/h1-4H,(H4,14,15,16,17,18,19). The first-order chi connectivity index (χ1) is 9.13. The topological polar surface area (TPSA) is 92.5 Å². The van der Waals surface area contributed by atoms with Crippen LogP contribution in [-0.2, 0) is 0 Å². The molecule has 8 heteroatoms. The highest BCUT2D eigenvalue weighted by molar-refractivity contribution is 9.11. The maximum atomic E-state index is 5.67. The molecule has 3 aromatic rings. The van der Waals surface area contributed by atoms with Crippen molar-refractivity contribution in [2.24, 2.45) is 0 Å². The highest BCUT2D eigenvalue weighted by Gasteiger charge is 2.10. The lowest BCUT2D eigenvalue weighted by Crippen LogP contribution is -2.01. The van der Waals surface area contributed by atoms with Gasteiger partial charge in [-0.3, -0.25) is 5.10 Å². The number of rotatable bonds is 2. The molecular formula is C11H8Br2N6. The molecule has 0 atom stereocenters. The minimum absolute atomic E-state index is 0.186. The second-order valence-corrected chi connectivity index (χ2v) is 5.58.